The molecule has 0 radical (unpaired) electrons. The van der Waals surface area contributed by atoms with Crippen molar-refractivity contribution in [2.45, 2.75) is 12.3 Å². The lowest BCUT2D eigenvalue weighted by Gasteiger charge is -2.37. The van der Waals surface area contributed by atoms with Crippen molar-refractivity contribution >= 4 is 23.2 Å². The topological polar surface area (TPSA) is 23.6 Å². The molecule has 1 saturated heterocycles. The van der Waals surface area contributed by atoms with Gasteiger partial charge in [-0.2, -0.15) is 8.78 Å². The predicted octanol–water partition coefficient (Wildman–Crippen LogP) is 2.89. The van der Waals surface area contributed by atoms with Crippen molar-refractivity contribution in [2.75, 3.05) is 31.1 Å². The highest BCUT2D eigenvalue weighted by Crippen LogP contribution is 2.27. The highest BCUT2D eigenvalue weighted by atomic mass is 35.5. The minimum Gasteiger partial charge on any atom is -0.368 e. The van der Waals surface area contributed by atoms with Gasteiger partial charge in [-0.1, -0.05) is 17.7 Å². The first-order valence-electron chi connectivity index (χ1n) is 6.28. The Morgan fingerprint density at radius 1 is 1.19 bits per heavy atom. The maximum atomic E-state index is 13.0. The van der Waals surface area contributed by atoms with E-state index in [4.69, 9.17) is 11.6 Å². The zero-order valence-electron chi connectivity index (χ0n) is 10.9. The van der Waals surface area contributed by atoms with Gasteiger partial charge in [0, 0.05) is 36.9 Å². The van der Waals surface area contributed by atoms with Crippen LogP contribution in [0.5, 0.6) is 0 Å². The maximum Gasteiger partial charge on any atom is 0.383 e. The lowest BCUT2D eigenvalue weighted by atomic mass is 10.2. The molecule has 0 aromatic heterocycles. The Balaban J connectivity index is 1.99. The van der Waals surface area contributed by atoms with E-state index >= 15 is 0 Å². The molecule has 116 valence electrons. The van der Waals surface area contributed by atoms with Gasteiger partial charge in [-0.25, -0.2) is 8.78 Å². The van der Waals surface area contributed by atoms with E-state index in [1.165, 1.54) is 0 Å². The minimum atomic E-state index is -4.63. The molecule has 1 aromatic rings. The average molecular weight is 325 g/mol. The number of carbonyl (C=O) groups excluding carboxylic acids is 1. The van der Waals surface area contributed by atoms with E-state index in [0.29, 0.717) is 5.02 Å². The number of hydrogen-bond donors (Lipinski definition) is 0. The third-order valence-electron chi connectivity index (χ3n) is 3.30. The van der Waals surface area contributed by atoms with Crippen LogP contribution in [0.25, 0.3) is 0 Å². The summed E-state index contributed by atoms with van der Waals surface area (Å²) in [5, 5.41) is 0.537. The Hall–Kier alpha value is -1.50. The lowest BCUT2D eigenvalue weighted by Crippen LogP contribution is -2.55. The van der Waals surface area contributed by atoms with Gasteiger partial charge in [0.05, 0.1) is 0 Å². The molecule has 1 aliphatic heterocycles. The third-order valence-corrected chi connectivity index (χ3v) is 3.53. The SMILES string of the molecule is O=C(N1CCN(c2cccc(Cl)c2)CC1)C(F)(F)C(F)F. The Bertz CT molecular complexity index is 519. The van der Waals surface area contributed by atoms with Crippen LogP contribution < -0.4 is 4.90 Å². The highest BCUT2D eigenvalue weighted by Gasteiger charge is 2.51. The van der Waals surface area contributed by atoms with Gasteiger partial charge in [-0.15, -0.1) is 0 Å². The second-order valence-electron chi connectivity index (χ2n) is 4.68. The van der Waals surface area contributed by atoms with Gasteiger partial charge in [-0.3, -0.25) is 4.79 Å². The fourth-order valence-electron chi connectivity index (χ4n) is 2.14. The number of anilines is 1. The van der Waals surface area contributed by atoms with Crippen molar-refractivity contribution in [3.63, 3.8) is 0 Å². The number of hydrogen-bond acceptors (Lipinski definition) is 2. The standard InChI is InChI=1S/C13H13ClF4N2O/c14-9-2-1-3-10(8-9)19-4-6-20(7-5-19)12(21)13(17,18)11(15)16/h1-3,8,11H,4-7H2. The van der Waals surface area contributed by atoms with Crippen LogP contribution in [0.3, 0.4) is 0 Å². The molecule has 3 nitrogen and oxygen atoms in total. The molecule has 1 fully saturated rings. The molecule has 1 aromatic carbocycles. The minimum absolute atomic E-state index is 0.0341. The monoisotopic (exact) mass is 324 g/mol. The Morgan fingerprint density at radius 3 is 2.33 bits per heavy atom. The van der Waals surface area contributed by atoms with Crippen LogP contribution in [0.4, 0.5) is 23.2 Å². The molecule has 1 amide bonds. The van der Waals surface area contributed by atoms with Crippen molar-refractivity contribution in [3.05, 3.63) is 29.3 Å². The number of halogens is 5. The van der Waals surface area contributed by atoms with E-state index < -0.39 is 18.3 Å². The van der Waals surface area contributed by atoms with Gasteiger partial charge in [0.15, 0.2) is 0 Å². The molecule has 0 spiro atoms. The maximum absolute atomic E-state index is 13.0. The van der Waals surface area contributed by atoms with Gasteiger partial charge in [0.25, 0.3) is 5.91 Å². The summed E-state index contributed by atoms with van der Waals surface area (Å²) < 4.78 is 50.4. The van der Waals surface area contributed by atoms with Crippen LogP contribution in [0.2, 0.25) is 5.02 Å². The van der Waals surface area contributed by atoms with E-state index in [1.807, 2.05) is 4.90 Å². The van der Waals surface area contributed by atoms with E-state index in [-0.39, 0.29) is 26.2 Å². The predicted molar refractivity (Wildman–Crippen MR) is 71.2 cm³/mol. The molecular formula is C13H13ClF4N2O. The molecule has 0 saturated carbocycles. The quantitative estimate of drug-likeness (QED) is 0.798. The number of alkyl halides is 4. The number of benzene rings is 1. The highest BCUT2D eigenvalue weighted by molar-refractivity contribution is 6.30. The van der Waals surface area contributed by atoms with Crippen molar-refractivity contribution in [1.29, 1.82) is 0 Å². The lowest BCUT2D eigenvalue weighted by molar-refractivity contribution is -0.180. The van der Waals surface area contributed by atoms with E-state index in [9.17, 15) is 22.4 Å². The van der Waals surface area contributed by atoms with Gasteiger partial charge in [-0.05, 0) is 18.2 Å². The first kappa shape index (κ1) is 15.9. The first-order valence-corrected chi connectivity index (χ1v) is 6.66. The molecule has 0 unspecified atom stereocenters. The van der Waals surface area contributed by atoms with Crippen molar-refractivity contribution < 1.29 is 22.4 Å². The second kappa shape index (κ2) is 6.09. The third kappa shape index (κ3) is 3.40. The van der Waals surface area contributed by atoms with E-state index in [1.54, 1.807) is 24.3 Å². The number of carbonyl (C=O) groups is 1. The summed E-state index contributed by atoms with van der Waals surface area (Å²) >= 11 is 5.86. The van der Waals surface area contributed by atoms with Crippen molar-refractivity contribution in [1.82, 2.24) is 4.90 Å². The molecule has 0 aliphatic carbocycles. The molecule has 8 heteroatoms. The van der Waals surface area contributed by atoms with Crippen molar-refractivity contribution in [2.24, 2.45) is 0 Å². The Labute approximate surface area is 124 Å². The number of piperazine rings is 1. The van der Waals surface area contributed by atoms with E-state index in [0.717, 1.165) is 10.6 Å². The molecule has 0 bridgehead atoms. The van der Waals surface area contributed by atoms with Gasteiger partial charge in [0.1, 0.15) is 0 Å². The smallest absolute Gasteiger partial charge is 0.368 e. The van der Waals surface area contributed by atoms with Gasteiger partial charge >= 0.3 is 12.3 Å². The number of amides is 1. The summed E-state index contributed by atoms with van der Waals surface area (Å²) in [5.74, 6) is -6.44. The first-order chi connectivity index (χ1) is 9.82. The summed E-state index contributed by atoms with van der Waals surface area (Å²) in [7, 11) is 0. The normalized spacial score (nSPS) is 16.5. The molecule has 0 atom stereocenters. The van der Waals surface area contributed by atoms with Crippen LogP contribution in [0.1, 0.15) is 0 Å². The zero-order chi connectivity index (χ0) is 15.6. The molecule has 21 heavy (non-hydrogen) atoms. The average Bonchev–Trinajstić information content (AvgIpc) is 2.46. The number of nitrogens with zero attached hydrogens (tertiary/aromatic N) is 2. The van der Waals surface area contributed by atoms with Crippen LogP contribution >= 0.6 is 11.6 Å². The summed E-state index contributed by atoms with van der Waals surface area (Å²) in [6.45, 7) is 0.498. The summed E-state index contributed by atoms with van der Waals surface area (Å²) in [6.07, 6.45) is -3.99. The molecule has 0 N–H and O–H groups in total. The summed E-state index contributed by atoms with van der Waals surface area (Å²) in [4.78, 5) is 14.0. The van der Waals surface area contributed by atoms with Gasteiger partial charge in [0.2, 0.25) is 0 Å². The van der Waals surface area contributed by atoms with Gasteiger partial charge < -0.3 is 9.80 Å². The number of rotatable bonds is 3. The molecule has 1 heterocycles. The van der Waals surface area contributed by atoms with Crippen LogP contribution in [0.15, 0.2) is 24.3 Å². The van der Waals surface area contributed by atoms with E-state index in [2.05, 4.69) is 0 Å². The zero-order valence-corrected chi connectivity index (χ0v) is 11.7. The summed E-state index contributed by atoms with van der Waals surface area (Å²) in [5.41, 5.74) is 0.801. The van der Waals surface area contributed by atoms with Crippen molar-refractivity contribution in [3.8, 4) is 0 Å². The Kier molecular flexibility index (Phi) is 4.61. The van der Waals surface area contributed by atoms with Crippen LogP contribution in [-0.2, 0) is 4.79 Å². The summed E-state index contributed by atoms with van der Waals surface area (Å²) in [6, 6.07) is 6.97. The molecular weight excluding hydrogens is 312 g/mol. The largest absolute Gasteiger partial charge is 0.383 e. The van der Waals surface area contributed by atoms with Crippen LogP contribution in [-0.4, -0.2) is 49.3 Å². The fraction of sp³-hybridized carbons (Fsp3) is 0.462. The van der Waals surface area contributed by atoms with Crippen LogP contribution in [0, 0.1) is 0 Å². The fourth-order valence-corrected chi connectivity index (χ4v) is 2.33. The molecule has 1 aliphatic rings. The Morgan fingerprint density at radius 2 is 1.81 bits per heavy atom. The molecule has 2 rings (SSSR count). The second-order valence-corrected chi connectivity index (χ2v) is 5.12.